The first-order valence-corrected chi connectivity index (χ1v) is 11.7. The van der Waals surface area contributed by atoms with Crippen molar-refractivity contribution in [2.45, 2.75) is 12.6 Å². The molecule has 0 aromatic carbocycles. The van der Waals surface area contributed by atoms with E-state index >= 15 is 0 Å². The monoisotopic (exact) mass is 528 g/mol. The van der Waals surface area contributed by atoms with Crippen molar-refractivity contribution in [2.75, 3.05) is 39.5 Å². The van der Waals surface area contributed by atoms with Gasteiger partial charge in [-0.2, -0.15) is 0 Å². The Morgan fingerprint density at radius 2 is 1.68 bits per heavy atom. The number of imidazole rings is 1. The van der Waals surface area contributed by atoms with Crippen molar-refractivity contribution in [1.29, 1.82) is 0 Å². The van der Waals surface area contributed by atoms with Crippen LogP contribution in [-0.2, 0) is 30.2 Å². The van der Waals surface area contributed by atoms with Crippen molar-refractivity contribution in [2.24, 2.45) is 14.1 Å². The molecule has 0 spiro atoms. The van der Waals surface area contributed by atoms with E-state index in [1.807, 2.05) is 0 Å². The molecule has 0 aliphatic carbocycles. The Balaban J connectivity index is 1.42. The van der Waals surface area contributed by atoms with E-state index in [0.717, 1.165) is 4.57 Å². The number of amides is 1. The fourth-order valence-electron chi connectivity index (χ4n) is 3.76. The molecule has 38 heavy (non-hydrogen) atoms. The van der Waals surface area contributed by atoms with Crippen LogP contribution >= 0.6 is 0 Å². The minimum absolute atomic E-state index is 0.00605. The van der Waals surface area contributed by atoms with Crippen LogP contribution in [0, 0.1) is 0 Å². The Hall–Kier alpha value is -4.53. The van der Waals surface area contributed by atoms with Crippen LogP contribution in [-0.4, -0.2) is 90.1 Å². The number of carbonyl (C=O) groups excluding carboxylic acids is 1. The lowest BCUT2D eigenvalue weighted by atomic mass is 10.2. The van der Waals surface area contributed by atoms with Gasteiger partial charge in [-0.15, -0.1) is 15.0 Å². The molecule has 15 heteroatoms. The van der Waals surface area contributed by atoms with Gasteiger partial charge in [-0.3, -0.25) is 18.7 Å². The summed E-state index contributed by atoms with van der Waals surface area (Å²) in [6.07, 6.45) is 4.00. The number of hydrogen-bond donors (Lipinski definition) is 0. The van der Waals surface area contributed by atoms with Crippen LogP contribution in [0.2, 0.25) is 0 Å². The predicted octanol–water partition coefficient (Wildman–Crippen LogP) is -0.945. The van der Waals surface area contributed by atoms with Gasteiger partial charge in [-0.05, 0) is 0 Å². The summed E-state index contributed by atoms with van der Waals surface area (Å²) in [5.41, 5.74) is -0.627. The first kappa shape index (κ1) is 26.5. The van der Waals surface area contributed by atoms with Gasteiger partial charge in [-0.1, -0.05) is 25.3 Å². The molecule has 0 bridgehead atoms. The maximum atomic E-state index is 13.1. The van der Waals surface area contributed by atoms with Gasteiger partial charge in [0.25, 0.3) is 5.56 Å². The van der Waals surface area contributed by atoms with Crippen LogP contribution in [0.5, 0.6) is 18.0 Å². The average molecular weight is 529 g/mol. The second kappa shape index (κ2) is 11.7. The first-order valence-electron chi connectivity index (χ1n) is 11.7. The molecule has 3 aromatic rings. The molecule has 1 saturated heterocycles. The molecule has 1 fully saturated rings. The van der Waals surface area contributed by atoms with E-state index in [0.29, 0.717) is 13.2 Å². The Kier molecular flexibility index (Phi) is 8.15. The van der Waals surface area contributed by atoms with E-state index in [1.165, 1.54) is 29.6 Å². The van der Waals surface area contributed by atoms with Crippen molar-refractivity contribution >= 4 is 17.1 Å². The third-order valence-corrected chi connectivity index (χ3v) is 5.65. The van der Waals surface area contributed by atoms with E-state index in [4.69, 9.17) is 18.9 Å². The van der Waals surface area contributed by atoms with E-state index in [2.05, 4.69) is 33.1 Å². The van der Waals surface area contributed by atoms with Crippen LogP contribution in [0.25, 0.3) is 11.2 Å². The minimum Gasteiger partial charge on any atom is -0.460 e. The van der Waals surface area contributed by atoms with Gasteiger partial charge in [-0.25, -0.2) is 9.78 Å². The van der Waals surface area contributed by atoms with Gasteiger partial charge in [0.15, 0.2) is 11.2 Å². The third-order valence-electron chi connectivity index (χ3n) is 5.65. The number of carbonyl (C=O) groups is 1. The van der Waals surface area contributed by atoms with E-state index in [1.54, 1.807) is 17.1 Å². The lowest BCUT2D eigenvalue weighted by molar-refractivity contribution is -0.140. The molecule has 1 amide bonds. The molecule has 1 atom stereocenters. The highest BCUT2D eigenvalue weighted by Gasteiger charge is 2.26. The van der Waals surface area contributed by atoms with Crippen molar-refractivity contribution in [1.82, 2.24) is 38.5 Å². The molecular weight excluding hydrogens is 500 g/mol. The summed E-state index contributed by atoms with van der Waals surface area (Å²) in [4.78, 5) is 55.9. The standard InChI is InChI=1S/C23H28N8O7/c1-5-8-36-20-25-21(37-9-6-2)27-22(26-20)38-13-15-11-30(7-10-35-15)16(32)12-31-14-24-18-17(31)19(33)29(4)23(34)28(18)3/h5-6,14-15H,1-2,7-13H2,3-4H3. The topological polar surface area (TPSA) is 158 Å². The molecule has 0 N–H and O–H groups in total. The van der Waals surface area contributed by atoms with Crippen LogP contribution < -0.4 is 25.5 Å². The number of hydrogen-bond acceptors (Lipinski definition) is 11. The molecule has 1 unspecified atom stereocenters. The predicted molar refractivity (Wildman–Crippen MR) is 133 cm³/mol. The smallest absolute Gasteiger partial charge is 0.332 e. The maximum Gasteiger partial charge on any atom is 0.332 e. The van der Waals surface area contributed by atoms with Gasteiger partial charge < -0.3 is 28.4 Å². The highest BCUT2D eigenvalue weighted by atomic mass is 16.6. The lowest BCUT2D eigenvalue weighted by Crippen LogP contribution is -2.48. The number of morpholine rings is 1. The van der Waals surface area contributed by atoms with Gasteiger partial charge in [0.05, 0.1) is 19.5 Å². The molecule has 0 saturated carbocycles. The molecule has 0 radical (unpaired) electrons. The van der Waals surface area contributed by atoms with Gasteiger partial charge in [0.2, 0.25) is 5.91 Å². The maximum absolute atomic E-state index is 13.1. The summed E-state index contributed by atoms with van der Waals surface area (Å²) in [7, 11) is 2.90. The lowest BCUT2D eigenvalue weighted by Gasteiger charge is -2.32. The number of rotatable bonds is 11. The molecule has 3 aromatic heterocycles. The largest absolute Gasteiger partial charge is 0.460 e. The highest BCUT2D eigenvalue weighted by Crippen LogP contribution is 2.16. The summed E-state index contributed by atoms with van der Waals surface area (Å²) in [6, 6.07) is -0.0189. The molecule has 4 heterocycles. The molecule has 1 aliphatic heterocycles. The Labute approximate surface area is 216 Å². The molecular formula is C23H28N8O7. The van der Waals surface area contributed by atoms with Crippen molar-refractivity contribution in [3.8, 4) is 18.0 Å². The van der Waals surface area contributed by atoms with Crippen LogP contribution in [0.3, 0.4) is 0 Å². The summed E-state index contributed by atoms with van der Waals surface area (Å²) in [6.45, 7) is 8.36. The van der Waals surface area contributed by atoms with Gasteiger partial charge in [0, 0.05) is 20.6 Å². The molecule has 1 aliphatic rings. The summed E-state index contributed by atoms with van der Waals surface area (Å²) >= 11 is 0. The zero-order valence-corrected chi connectivity index (χ0v) is 21.1. The summed E-state index contributed by atoms with van der Waals surface area (Å²) in [5, 5.41) is 0. The molecule has 15 nitrogen and oxygen atoms in total. The Bertz CT molecular complexity index is 1430. The normalized spacial score (nSPS) is 15.3. The number of nitrogens with zero attached hydrogens (tertiary/aromatic N) is 8. The van der Waals surface area contributed by atoms with Crippen LogP contribution in [0.1, 0.15) is 0 Å². The van der Waals surface area contributed by atoms with Crippen molar-refractivity contribution in [3.05, 3.63) is 52.5 Å². The van der Waals surface area contributed by atoms with Crippen LogP contribution in [0.15, 0.2) is 41.2 Å². The zero-order valence-electron chi connectivity index (χ0n) is 21.1. The SMILES string of the molecule is C=CCOc1nc(OCC=C)nc(OCC2CN(C(=O)Cn3cnc4c3c(=O)n(C)c(=O)n4C)CCO2)n1. The molecule has 202 valence electrons. The number of ether oxygens (including phenoxy) is 4. The van der Waals surface area contributed by atoms with E-state index in [-0.39, 0.29) is 68.0 Å². The number of aromatic nitrogens is 7. The highest BCUT2D eigenvalue weighted by molar-refractivity contribution is 5.79. The number of fused-ring (bicyclic) bond motifs is 1. The fraction of sp³-hybridized carbons (Fsp3) is 0.435. The average Bonchev–Trinajstić information content (AvgIpc) is 3.35. The summed E-state index contributed by atoms with van der Waals surface area (Å²) in [5.74, 6) is -0.242. The van der Waals surface area contributed by atoms with Gasteiger partial charge in [0.1, 0.15) is 32.5 Å². The summed E-state index contributed by atoms with van der Waals surface area (Å²) < 4.78 is 25.9. The molecule has 4 rings (SSSR count). The zero-order chi connectivity index (χ0) is 27.2. The third kappa shape index (κ3) is 5.72. The van der Waals surface area contributed by atoms with Crippen molar-refractivity contribution < 1.29 is 23.7 Å². The second-order valence-corrected chi connectivity index (χ2v) is 8.28. The van der Waals surface area contributed by atoms with Gasteiger partial charge >= 0.3 is 23.7 Å². The minimum atomic E-state index is -0.521. The fourth-order valence-corrected chi connectivity index (χ4v) is 3.76. The Morgan fingerprint density at radius 3 is 2.32 bits per heavy atom. The van der Waals surface area contributed by atoms with E-state index in [9.17, 15) is 14.4 Å². The van der Waals surface area contributed by atoms with E-state index < -0.39 is 17.4 Å². The van der Waals surface area contributed by atoms with Crippen LogP contribution in [0.4, 0.5) is 0 Å². The number of aryl methyl sites for hydroxylation is 1. The second-order valence-electron chi connectivity index (χ2n) is 8.28. The van der Waals surface area contributed by atoms with Crippen molar-refractivity contribution in [3.63, 3.8) is 0 Å². The Morgan fingerprint density at radius 1 is 1.05 bits per heavy atom. The quantitative estimate of drug-likeness (QED) is 0.283. The first-order chi connectivity index (χ1) is 18.3.